The highest BCUT2D eigenvalue weighted by molar-refractivity contribution is 5.91. The van der Waals surface area contributed by atoms with E-state index in [1.54, 1.807) is 0 Å². The van der Waals surface area contributed by atoms with E-state index >= 15 is 0 Å². The fourth-order valence-corrected chi connectivity index (χ4v) is 3.57. The van der Waals surface area contributed by atoms with E-state index in [1.165, 1.54) is 31.7 Å². The molecule has 0 aliphatic carbocycles. The lowest BCUT2D eigenvalue weighted by molar-refractivity contribution is -0.114. The maximum atomic E-state index is 11.3. The van der Waals surface area contributed by atoms with Crippen molar-refractivity contribution >= 4 is 22.6 Å². The number of aromatic nitrogens is 2. The van der Waals surface area contributed by atoms with Gasteiger partial charge in [0.2, 0.25) is 5.91 Å². The highest BCUT2D eigenvalue weighted by Crippen LogP contribution is 2.24. The molecule has 1 aliphatic heterocycles. The molecular weight excluding hydrogens is 312 g/mol. The smallest absolute Gasteiger partial charge is 0.221 e. The number of imidazole rings is 1. The Balaban J connectivity index is 1.87. The summed E-state index contributed by atoms with van der Waals surface area (Å²) in [6.07, 6.45) is 4.89. The van der Waals surface area contributed by atoms with Gasteiger partial charge in [-0.15, -0.1) is 0 Å². The summed E-state index contributed by atoms with van der Waals surface area (Å²) >= 11 is 0. The van der Waals surface area contributed by atoms with Gasteiger partial charge in [0.05, 0.1) is 17.6 Å². The third-order valence-electron chi connectivity index (χ3n) is 5.12. The summed E-state index contributed by atoms with van der Waals surface area (Å²) in [5.74, 6) is 1.95. The van der Waals surface area contributed by atoms with E-state index in [4.69, 9.17) is 4.98 Å². The molecule has 2 heterocycles. The number of nitrogens with one attached hydrogen (secondary N) is 1. The molecule has 1 aromatic carbocycles. The molecule has 1 aliphatic rings. The number of nitrogens with zero attached hydrogens (tertiary/aromatic N) is 3. The Hall–Kier alpha value is -1.88. The quantitative estimate of drug-likeness (QED) is 0.862. The molecule has 5 nitrogen and oxygen atoms in total. The highest BCUT2D eigenvalue weighted by atomic mass is 16.1. The number of amides is 1. The van der Waals surface area contributed by atoms with Crippen molar-refractivity contribution in [2.24, 2.45) is 5.92 Å². The van der Waals surface area contributed by atoms with Gasteiger partial charge < -0.3 is 9.88 Å². The maximum Gasteiger partial charge on any atom is 0.221 e. The van der Waals surface area contributed by atoms with Crippen molar-refractivity contribution in [2.45, 2.75) is 59.5 Å². The first-order chi connectivity index (χ1) is 12.1. The Morgan fingerprint density at radius 3 is 2.76 bits per heavy atom. The lowest BCUT2D eigenvalue weighted by Gasteiger charge is -2.30. The molecule has 136 valence electrons. The first kappa shape index (κ1) is 17.9. The number of anilines is 1. The van der Waals surface area contributed by atoms with Gasteiger partial charge in [-0.2, -0.15) is 0 Å². The van der Waals surface area contributed by atoms with Gasteiger partial charge >= 0.3 is 0 Å². The van der Waals surface area contributed by atoms with Crippen LogP contribution < -0.4 is 5.32 Å². The average Bonchev–Trinajstić information content (AvgIpc) is 2.91. The van der Waals surface area contributed by atoms with Crippen LogP contribution >= 0.6 is 0 Å². The number of aryl methyl sites for hydroxylation is 1. The van der Waals surface area contributed by atoms with Crippen LogP contribution in [0.25, 0.3) is 11.0 Å². The van der Waals surface area contributed by atoms with Crippen LogP contribution in [0.15, 0.2) is 18.2 Å². The summed E-state index contributed by atoms with van der Waals surface area (Å²) in [7, 11) is 0. The maximum absolute atomic E-state index is 11.3. The fourth-order valence-electron chi connectivity index (χ4n) is 3.57. The molecule has 1 amide bonds. The first-order valence-electron chi connectivity index (χ1n) is 9.56. The molecular formula is C20H30N4O. The number of piperidine rings is 1. The van der Waals surface area contributed by atoms with Gasteiger partial charge in [0, 0.05) is 19.2 Å². The molecule has 1 fully saturated rings. The Labute approximate surface area is 150 Å². The zero-order chi connectivity index (χ0) is 17.8. The Bertz CT molecular complexity index is 729. The second-order valence-electron chi connectivity index (χ2n) is 7.38. The van der Waals surface area contributed by atoms with Crippen molar-refractivity contribution in [3.05, 3.63) is 24.0 Å². The summed E-state index contributed by atoms with van der Waals surface area (Å²) in [5, 5.41) is 2.86. The Morgan fingerprint density at radius 2 is 2.08 bits per heavy atom. The molecule has 25 heavy (non-hydrogen) atoms. The van der Waals surface area contributed by atoms with E-state index < -0.39 is 0 Å². The van der Waals surface area contributed by atoms with Gasteiger partial charge in [-0.3, -0.25) is 9.69 Å². The van der Waals surface area contributed by atoms with Crippen LogP contribution in [0, 0.1) is 5.92 Å². The minimum absolute atomic E-state index is 0.0487. The number of likely N-dealkylation sites (tertiary alicyclic amines) is 1. The van der Waals surface area contributed by atoms with Crippen LogP contribution in [0.5, 0.6) is 0 Å². The number of hydrogen-bond donors (Lipinski definition) is 1. The van der Waals surface area contributed by atoms with Gasteiger partial charge in [-0.25, -0.2) is 4.98 Å². The third kappa shape index (κ3) is 4.40. The standard InChI is InChI=1S/C20H30N4O/c1-4-5-10-24-19-7-6-17(21-16(3)25)13-18(19)22-20(24)14-23-11-8-15(2)9-12-23/h6-7,13,15H,4-5,8-12,14H2,1-3H3,(H,21,25). The molecule has 0 unspecified atom stereocenters. The minimum Gasteiger partial charge on any atom is -0.327 e. The summed E-state index contributed by atoms with van der Waals surface area (Å²) < 4.78 is 2.37. The van der Waals surface area contributed by atoms with E-state index in [-0.39, 0.29) is 5.91 Å². The SMILES string of the molecule is CCCCn1c(CN2CCC(C)CC2)nc2cc(NC(C)=O)ccc21. The van der Waals surface area contributed by atoms with Crippen LogP contribution in [0.2, 0.25) is 0 Å². The van der Waals surface area contributed by atoms with Crippen molar-refractivity contribution in [1.82, 2.24) is 14.5 Å². The summed E-state index contributed by atoms with van der Waals surface area (Å²) in [6.45, 7) is 10.3. The Kier molecular flexibility index (Phi) is 5.74. The molecule has 0 bridgehead atoms. The number of carbonyl (C=O) groups is 1. The summed E-state index contributed by atoms with van der Waals surface area (Å²) in [6, 6.07) is 6.05. The fraction of sp³-hybridized carbons (Fsp3) is 0.600. The van der Waals surface area contributed by atoms with Crippen molar-refractivity contribution in [1.29, 1.82) is 0 Å². The van der Waals surface area contributed by atoms with Gasteiger partial charge in [0.15, 0.2) is 0 Å². The molecule has 0 radical (unpaired) electrons. The molecule has 0 atom stereocenters. The van der Waals surface area contributed by atoms with Crippen LogP contribution in [0.4, 0.5) is 5.69 Å². The second-order valence-corrected chi connectivity index (χ2v) is 7.38. The molecule has 5 heteroatoms. The minimum atomic E-state index is -0.0487. The van der Waals surface area contributed by atoms with Crippen LogP contribution in [0.3, 0.4) is 0 Å². The normalized spacial score (nSPS) is 16.4. The van der Waals surface area contributed by atoms with Crippen molar-refractivity contribution in [2.75, 3.05) is 18.4 Å². The Morgan fingerprint density at radius 1 is 1.32 bits per heavy atom. The molecule has 0 spiro atoms. The largest absolute Gasteiger partial charge is 0.327 e. The molecule has 0 saturated carbocycles. The van der Waals surface area contributed by atoms with Crippen LogP contribution in [-0.4, -0.2) is 33.4 Å². The number of benzene rings is 1. The zero-order valence-electron chi connectivity index (χ0n) is 15.7. The topological polar surface area (TPSA) is 50.2 Å². The van der Waals surface area contributed by atoms with Crippen LogP contribution in [0.1, 0.15) is 52.3 Å². The van der Waals surface area contributed by atoms with E-state index in [2.05, 4.69) is 34.7 Å². The van der Waals surface area contributed by atoms with Crippen molar-refractivity contribution < 1.29 is 4.79 Å². The lowest BCUT2D eigenvalue weighted by atomic mass is 9.99. The van der Waals surface area contributed by atoms with E-state index in [0.29, 0.717) is 0 Å². The third-order valence-corrected chi connectivity index (χ3v) is 5.12. The zero-order valence-corrected chi connectivity index (χ0v) is 15.7. The number of rotatable bonds is 6. The van der Waals surface area contributed by atoms with Gasteiger partial charge in [0.1, 0.15) is 5.82 Å². The molecule has 1 saturated heterocycles. The molecule has 2 aromatic rings. The number of carbonyl (C=O) groups excluding carboxylic acids is 1. The number of unbranched alkanes of at least 4 members (excludes halogenated alkanes) is 1. The van der Waals surface area contributed by atoms with E-state index in [9.17, 15) is 4.79 Å². The number of fused-ring (bicyclic) bond motifs is 1. The van der Waals surface area contributed by atoms with E-state index in [0.717, 1.165) is 55.5 Å². The predicted molar refractivity (Wildman–Crippen MR) is 103 cm³/mol. The highest BCUT2D eigenvalue weighted by Gasteiger charge is 2.19. The van der Waals surface area contributed by atoms with E-state index in [1.807, 2.05) is 12.1 Å². The van der Waals surface area contributed by atoms with Crippen LogP contribution in [-0.2, 0) is 17.9 Å². The average molecular weight is 342 g/mol. The second kappa shape index (κ2) is 8.00. The molecule has 1 N–H and O–H groups in total. The van der Waals surface area contributed by atoms with Crippen molar-refractivity contribution in [3.8, 4) is 0 Å². The summed E-state index contributed by atoms with van der Waals surface area (Å²) in [4.78, 5) is 18.8. The summed E-state index contributed by atoms with van der Waals surface area (Å²) in [5.41, 5.74) is 2.96. The lowest BCUT2D eigenvalue weighted by Crippen LogP contribution is -2.33. The number of hydrogen-bond acceptors (Lipinski definition) is 3. The molecule has 1 aromatic heterocycles. The first-order valence-corrected chi connectivity index (χ1v) is 9.56. The monoisotopic (exact) mass is 342 g/mol. The van der Waals surface area contributed by atoms with Gasteiger partial charge in [-0.05, 0) is 56.5 Å². The van der Waals surface area contributed by atoms with Gasteiger partial charge in [0.25, 0.3) is 0 Å². The molecule has 3 rings (SSSR count). The predicted octanol–water partition coefficient (Wildman–Crippen LogP) is 4.03. The van der Waals surface area contributed by atoms with Crippen molar-refractivity contribution in [3.63, 3.8) is 0 Å². The van der Waals surface area contributed by atoms with Gasteiger partial charge in [-0.1, -0.05) is 20.3 Å².